The van der Waals surface area contributed by atoms with Crippen LogP contribution in [0, 0.1) is 5.82 Å². The van der Waals surface area contributed by atoms with E-state index in [0.717, 1.165) is 0 Å². The Bertz CT molecular complexity index is 582. The van der Waals surface area contributed by atoms with Crippen molar-refractivity contribution in [1.29, 1.82) is 0 Å². The summed E-state index contributed by atoms with van der Waals surface area (Å²) >= 11 is 1.18. The van der Waals surface area contributed by atoms with Crippen LogP contribution in [-0.4, -0.2) is 40.6 Å². The number of hydrogen-bond donors (Lipinski definition) is 3. The lowest BCUT2D eigenvalue weighted by atomic mass is 10.3. The van der Waals surface area contributed by atoms with Gasteiger partial charge in [0.1, 0.15) is 29.8 Å². The molecule has 1 unspecified atom stereocenters. The number of urea groups is 1. The Balaban J connectivity index is 1.67. The second-order valence-electron chi connectivity index (χ2n) is 4.00. The van der Waals surface area contributed by atoms with Crippen molar-refractivity contribution >= 4 is 22.5 Å². The van der Waals surface area contributed by atoms with Gasteiger partial charge in [-0.2, -0.15) is 0 Å². The number of halogens is 1. The molecule has 1 atom stereocenters. The molecule has 0 spiro atoms. The summed E-state index contributed by atoms with van der Waals surface area (Å²) in [5.74, 6) is -0.107. The predicted molar refractivity (Wildman–Crippen MR) is 74.8 cm³/mol. The number of aliphatic hydroxyl groups excluding tert-OH is 1. The molecule has 21 heavy (non-hydrogen) atoms. The molecule has 0 saturated carbocycles. The van der Waals surface area contributed by atoms with Crippen molar-refractivity contribution in [2.45, 2.75) is 6.10 Å². The second-order valence-corrected chi connectivity index (χ2v) is 4.83. The Kier molecular flexibility index (Phi) is 5.41. The first-order valence-electron chi connectivity index (χ1n) is 6.01. The van der Waals surface area contributed by atoms with Crippen LogP contribution in [0.2, 0.25) is 0 Å². The molecule has 0 aliphatic carbocycles. The van der Waals surface area contributed by atoms with E-state index in [2.05, 4.69) is 20.8 Å². The van der Waals surface area contributed by atoms with Crippen molar-refractivity contribution in [2.24, 2.45) is 0 Å². The number of hydrogen-bond acceptors (Lipinski definition) is 6. The van der Waals surface area contributed by atoms with Gasteiger partial charge in [0.05, 0.1) is 0 Å². The van der Waals surface area contributed by atoms with Gasteiger partial charge in [0.25, 0.3) is 0 Å². The van der Waals surface area contributed by atoms with Crippen LogP contribution in [0.5, 0.6) is 5.75 Å². The molecule has 1 aromatic carbocycles. The van der Waals surface area contributed by atoms with E-state index < -0.39 is 18.0 Å². The standard InChI is InChI=1S/C12H13FN4O3S/c13-8-2-1-3-10(4-8)20-6-9(18)5-14-11(19)16-12-17-15-7-21-12/h1-4,7,9,18H,5-6H2,(H2,14,16,17,19). The minimum absolute atomic E-state index is 0.0139. The highest BCUT2D eigenvalue weighted by Crippen LogP contribution is 2.12. The second kappa shape index (κ2) is 7.50. The van der Waals surface area contributed by atoms with Crippen LogP contribution < -0.4 is 15.4 Å². The van der Waals surface area contributed by atoms with Gasteiger partial charge in [0.15, 0.2) is 0 Å². The lowest BCUT2D eigenvalue weighted by Gasteiger charge is -2.13. The van der Waals surface area contributed by atoms with Crippen LogP contribution in [0.1, 0.15) is 0 Å². The zero-order chi connectivity index (χ0) is 15.1. The molecule has 1 heterocycles. The van der Waals surface area contributed by atoms with Crippen molar-refractivity contribution in [1.82, 2.24) is 15.5 Å². The molecule has 2 aromatic rings. The van der Waals surface area contributed by atoms with Crippen molar-refractivity contribution in [3.05, 3.63) is 35.6 Å². The van der Waals surface area contributed by atoms with E-state index in [0.29, 0.717) is 10.9 Å². The highest BCUT2D eigenvalue weighted by Gasteiger charge is 2.09. The number of ether oxygens (including phenoxy) is 1. The number of amides is 2. The SMILES string of the molecule is O=C(NCC(O)COc1cccc(F)c1)Nc1nncs1. The summed E-state index contributed by atoms with van der Waals surface area (Å²) in [6.45, 7) is -0.0809. The Morgan fingerprint density at radius 2 is 2.38 bits per heavy atom. The molecular formula is C12H13FN4O3S. The number of nitrogens with zero attached hydrogens (tertiary/aromatic N) is 2. The van der Waals surface area contributed by atoms with Crippen molar-refractivity contribution < 1.29 is 19.0 Å². The van der Waals surface area contributed by atoms with Crippen LogP contribution in [-0.2, 0) is 0 Å². The highest BCUT2D eigenvalue weighted by atomic mass is 32.1. The van der Waals surface area contributed by atoms with Gasteiger partial charge < -0.3 is 15.2 Å². The van der Waals surface area contributed by atoms with Crippen LogP contribution >= 0.6 is 11.3 Å². The third-order valence-corrected chi connectivity index (χ3v) is 2.92. The molecule has 0 fully saturated rings. The molecule has 1 aromatic heterocycles. The fraction of sp³-hybridized carbons (Fsp3) is 0.250. The molecule has 112 valence electrons. The summed E-state index contributed by atoms with van der Waals surface area (Å²) in [7, 11) is 0. The molecule has 0 radical (unpaired) electrons. The molecule has 0 saturated heterocycles. The lowest BCUT2D eigenvalue weighted by Crippen LogP contribution is -2.37. The number of carbonyl (C=O) groups excluding carboxylic acids is 1. The van der Waals surface area contributed by atoms with E-state index in [1.54, 1.807) is 6.07 Å². The third kappa shape index (κ3) is 5.32. The monoisotopic (exact) mass is 312 g/mol. The summed E-state index contributed by atoms with van der Waals surface area (Å²) in [6.07, 6.45) is -0.923. The summed E-state index contributed by atoms with van der Waals surface area (Å²) in [4.78, 5) is 11.4. The van der Waals surface area contributed by atoms with Crippen molar-refractivity contribution in [2.75, 3.05) is 18.5 Å². The topological polar surface area (TPSA) is 96.4 Å². The largest absolute Gasteiger partial charge is 0.491 e. The first-order chi connectivity index (χ1) is 10.1. The lowest BCUT2D eigenvalue weighted by molar-refractivity contribution is 0.108. The maximum Gasteiger partial charge on any atom is 0.321 e. The van der Waals surface area contributed by atoms with Gasteiger partial charge >= 0.3 is 6.03 Å². The normalized spacial score (nSPS) is 11.7. The molecule has 0 aliphatic heterocycles. The predicted octanol–water partition coefficient (Wildman–Crippen LogP) is 1.24. The Labute approximate surface area is 123 Å². The van der Waals surface area contributed by atoms with Gasteiger partial charge in [-0.3, -0.25) is 5.32 Å². The van der Waals surface area contributed by atoms with E-state index in [1.165, 1.54) is 35.0 Å². The average molecular weight is 312 g/mol. The van der Waals surface area contributed by atoms with Gasteiger partial charge in [-0.15, -0.1) is 10.2 Å². The molecule has 3 N–H and O–H groups in total. The number of carbonyl (C=O) groups is 1. The Morgan fingerprint density at radius 3 is 3.10 bits per heavy atom. The van der Waals surface area contributed by atoms with Gasteiger partial charge in [0.2, 0.25) is 5.13 Å². The highest BCUT2D eigenvalue weighted by molar-refractivity contribution is 7.13. The maximum absolute atomic E-state index is 12.9. The van der Waals surface area contributed by atoms with Crippen molar-refractivity contribution in [3.63, 3.8) is 0 Å². The van der Waals surface area contributed by atoms with E-state index >= 15 is 0 Å². The van der Waals surface area contributed by atoms with Gasteiger partial charge in [-0.25, -0.2) is 9.18 Å². The molecule has 7 nitrogen and oxygen atoms in total. The zero-order valence-corrected chi connectivity index (χ0v) is 11.6. The Hall–Kier alpha value is -2.26. The first kappa shape index (κ1) is 15.1. The number of aliphatic hydroxyl groups is 1. The van der Waals surface area contributed by atoms with E-state index in [9.17, 15) is 14.3 Å². The van der Waals surface area contributed by atoms with Crippen LogP contribution in [0.25, 0.3) is 0 Å². The van der Waals surface area contributed by atoms with Gasteiger partial charge in [-0.05, 0) is 12.1 Å². The van der Waals surface area contributed by atoms with E-state index in [1.807, 2.05) is 0 Å². The number of nitrogens with one attached hydrogen (secondary N) is 2. The number of anilines is 1. The fourth-order valence-corrected chi connectivity index (χ4v) is 1.83. The summed E-state index contributed by atoms with van der Waals surface area (Å²) < 4.78 is 18.1. The molecule has 0 aliphatic rings. The first-order valence-corrected chi connectivity index (χ1v) is 6.89. The van der Waals surface area contributed by atoms with Crippen LogP contribution in [0.3, 0.4) is 0 Å². The van der Waals surface area contributed by atoms with E-state index in [-0.39, 0.29) is 13.2 Å². The zero-order valence-electron chi connectivity index (χ0n) is 10.8. The molecular weight excluding hydrogens is 299 g/mol. The average Bonchev–Trinajstić information content (AvgIpc) is 2.96. The van der Waals surface area contributed by atoms with Crippen molar-refractivity contribution in [3.8, 4) is 5.75 Å². The quantitative estimate of drug-likeness (QED) is 0.746. The minimum Gasteiger partial charge on any atom is -0.491 e. The molecule has 2 rings (SSSR count). The fourth-order valence-electron chi connectivity index (χ4n) is 1.39. The minimum atomic E-state index is -0.923. The maximum atomic E-state index is 12.9. The van der Waals surface area contributed by atoms with Crippen LogP contribution in [0.15, 0.2) is 29.8 Å². The summed E-state index contributed by atoms with van der Waals surface area (Å²) in [5, 5.41) is 22.1. The number of benzene rings is 1. The van der Waals surface area contributed by atoms with Gasteiger partial charge in [-0.1, -0.05) is 17.4 Å². The smallest absolute Gasteiger partial charge is 0.321 e. The Morgan fingerprint density at radius 1 is 1.52 bits per heavy atom. The van der Waals surface area contributed by atoms with Gasteiger partial charge in [0, 0.05) is 12.6 Å². The molecule has 0 bridgehead atoms. The molecule has 2 amide bonds. The van der Waals surface area contributed by atoms with E-state index in [4.69, 9.17) is 4.74 Å². The van der Waals surface area contributed by atoms with Crippen LogP contribution in [0.4, 0.5) is 14.3 Å². The number of rotatable bonds is 6. The summed E-state index contributed by atoms with van der Waals surface area (Å²) in [6, 6.07) is 5.08. The third-order valence-electron chi connectivity index (χ3n) is 2.32. The molecule has 9 heteroatoms. The summed E-state index contributed by atoms with van der Waals surface area (Å²) in [5.41, 5.74) is 1.48. The number of aromatic nitrogens is 2.